The normalized spacial score (nSPS) is 13.8. The summed E-state index contributed by atoms with van der Waals surface area (Å²) in [5.41, 5.74) is 7.20. The highest BCUT2D eigenvalue weighted by atomic mass is 32.1. The fourth-order valence-electron chi connectivity index (χ4n) is 3.60. The van der Waals surface area contributed by atoms with Gasteiger partial charge in [-0.05, 0) is 24.3 Å². The quantitative estimate of drug-likeness (QED) is 0.422. The lowest BCUT2D eigenvalue weighted by molar-refractivity contribution is 0.0950. The number of aromatic nitrogens is 2. The summed E-state index contributed by atoms with van der Waals surface area (Å²) in [5.74, 6) is 1.12. The summed E-state index contributed by atoms with van der Waals surface area (Å²) in [6.45, 7) is 2.01. The first-order valence-corrected chi connectivity index (χ1v) is 11.3. The number of fused-ring (bicyclic) bond motifs is 1. The number of rotatable bonds is 6. The van der Waals surface area contributed by atoms with Crippen molar-refractivity contribution in [3.8, 4) is 5.75 Å². The highest BCUT2D eigenvalue weighted by molar-refractivity contribution is 7.13. The number of nitrogens with two attached hydrogens (primary N) is 1. The van der Waals surface area contributed by atoms with E-state index < -0.39 is 0 Å². The van der Waals surface area contributed by atoms with Crippen molar-refractivity contribution in [2.75, 3.05) is 62.4 Å². The molecule has 1 aliphatic heterocycles. The summed E-state index contributed by atoms with van der Waals surface area (Å²) in [6, 6.07) is 6.95. The number of nitrogens with zero attached hydrogens (tertiary/aromatic N) is 4. The summed E-state index contributed by atoms with van der Waals surface area (Å²) in [7, 11) is 1.59. The summed E-state index contributed by atoms with van der Waals surface area (Å²) in [5, 5.41) is 17.0. The number of nitrogens with one attached hydrogen (secondary N) is 2. The molecule has 1 aliphatic rings. The summed E-state index contributed by atoms with van der Waals surface area (Å²) >= 11 is 1.26. The van der Waals surface area contributed by atoms with E-state index in [2.05, 4.69) is 20.6 Å². The number of hydrogen-bond acceptors (Lipinski definition) is 9. The van der Waals surface area contributed by atoms with Gasteiger partial charge in [0, 0.05) is 43.8 Å². The van der Waals surface area contributed by atoms with Gasteiger partial charge in [-0.3, -0.25) is 4.79 Å². The molecule has 0 saturated carbocycles. The van der Waals surface area contributed by atoms with Crippen LogP contribution in [-0.4, -0.2) is 78.4 Å². The first-order valence-electron chi connectivity index (χ1n) is 10.4. The van der Waals surface area contributed by atoms with Crippen LogP contribution in [0.2, 0.25) is 0 Å². The molecule has 174 valence electrons. The largest absolute Gasteiger partial charge is 0.497 e. The van der Waals surface area contributed by atoms with Crippen molar-refractivity contribution in [3.05, 3.63) is 34.5 Å². The van der Waals surface area contributed by atoms with Crippen LogP contribution in [0.3, 0.4) is 0 Å². The number of nitrogen functional groups attached to an aromatic ring is 1. The number of carbonyl (C=O) groups excluding carboxylic acids is 2. The molecule has 1 aromatic carbocycles. The maximum Gasteiger partial charge on any atom is 0.321 e. The molecular formula is C21H25N7O4S. The van der Waals surface area contributed by atoms with E-state index in [1.807, 2.05) is 4.90 Å². The van der Waals surface area contributed by atoms with Gasteiger partial charge in [-0.2, -0.15) is 4.98 Å². The van der Waals surface area contributed by atoms with Crippen LogP contribution in [0.5, 0.6) is 5.75 Å². The number of aliphatic hydroxyl groups excluding tert-OH is 1. The number of amides is 3. The molecule has 0 aliphatic carbocycles. The number of urea groups is 1. The van der Waals surface area contributed by atoms with Crippen LogP contribution in [0.15, 0.2) is 29.6 Å². The molecule has 0 bridgehead atoms. The van der Waals surface area contributed by atoms with Gasteiger partial charge >= 0.3 is 6.03 Å². The molecule has 3 heterocycles. The minimum Gasteiger partial charge on any atom is -0.497 e. The SMILES string of the molecule is COc1ccc(NC(=O)N2CCN(c3nc(N)nc4csc(C(=O)NCCO)c34)CC2)cc1. The number of thiophene rings is 1. The van der Waals surface area contributed by atoms with Crippen LogP contribution < -0.4 is 26.0 Å². The molecule has 1 fully saturated rings. The molecule has 0 spiro atoms. The fraction of sp³-hybridized carbons (Fsp3) is 0.333. The zero-order chi connectivity index (χ0) is 23.4. The van der Waals surface area contributed by atoms with Crippen LogP contribution in [0.25, 0.3) is 10.9 Å². The number of piperazine rings is 1. The van der Waals surface area contributed by atoms with Gasteiger partial charge in [0.2, 0.25) is 5.95 Å². The zero-order valence-electron chi connectivity index (χ0n) is 18.1. The first kappa shape index (κ1) is 22.6. The van der Waals surface area contributed by atoms with Crippen molar-refractivity contribution in [3.63, 3.8) is 0 Å². The molecule has 33 heavy (non-hydrogen) atoms. The van der Waals surface area contributed by atoms with E-state index in [-0.39, 0.29) is 31.0 Å². The first-order chi connectivity index (χ1) is 16.0. The Labute approximate surface area is 194 Å². The summed E-state index contributed by atoms with van der Waals surface area (Å²) < 4.78 is 5.14. The predicted octanol–water partition coefficient (Wildman–Crippen LogP) is 1.36. The van der Waals surface area contributed by atoms with Crippen LogP contribution in [-0.2, 0) is 0 Å². The van der Waals surface area contributed by atoms with Crippen LogP contribution in [0, 0.1) is 0 Å². The van der Waals surface area contributed by atoms with Gasteiger partial charge in [0.25, 0.3) is 5.91 Å². The third-order valence-electron chi connectivity index (χ3n) is 5.26. The molecule has 5 N–H and O–H groups in total. The van der Waals surface area contributed by atoms with Gasteiger partial charge in [-0.15, -0.1) is 11.3 Å². The number of benzene rings is 1. The van der Waals surface area contributed by atoms with Crippen molar-refractivity contribution >= 4 is 51.6 Å². The Morgan fingerprint density at radius 2 is 1.91 bits per heavy atom. The van der Waals surface area contributed by atoms with Gasteiger partial charge in [0.1, 0.15) is 16.4 Å². The lowest BCUT2D eigenvalue weighted by Gasteiger charge is -2.35. The molecule has 3 aromatic rings. The monoisotopic (exact) mass is 471 g/mol. The van der Waals surface area contributed by atoms with Crippen LogP contribution in [0.1, 0.15) is 9.67 Å². The Morgan fingerprint density at radius 3 is 2.58 bits per heavy atom. The smallest absolute Gasteiger partial charge is 0.321 e. The van der Waals surface area contributed by atoms with Gasteiger partial charge in [-0.25, -0.2) is 9.78 Å². The summed E-state index contributed by atoms with van der Waals surface area (Å²) in [4.78, 5) is 38.1. The number of methoxy groups -OCH3 is 1. The number of ether oxygens (including phenoxy) is 1. The van der Waals surface area contributed by atoms with Crippen LogP contribution in [0.4, 0.5) is 22.2 Å². The number of carbonyl (C=O) groups is 2. The predicted molar refractivity (Wildman–Crippen MR) is 127 cm³/mol. The molecule has 0 atom stereocenters. The maximum atomic E-state index is 12.7. The second-order valence-electron chi connectivity index (χ2n) is 7.34. The molecule has 2 aromatic heterocycles. The molecule has 1 saturated heterocycles. The molecule has 0 unspecified atom stereocenters. The van der Waals surface area contributed by atoms with E-state index in [4.69, 9.17) is 15.6 Å². The van der Waals surface area contributed by atoms with Crippen molar-refractivity contribution in [2.24, 2.45) is 0 Å². The van der Waals surface area contributed by atoms with E-state index in [0.717, 1.165) is 5.75 Å². The van der Waals surface area contributed by atoms with E-state index >= 15 is 0 Å². The molecule has 0 radical (unpaired) electrons. The number of anilines is 3. The lowest BCUT2D eigenvalue weighted by atomic mass is 10.2. The minimum atomic E-state index is -0.295. The van der Waals surface area contributed by atoms with Crippen molar-refractivity contribution < 1.29 is 19.4 Å². The Balaban J connectivity index is 1.47. The Bertz CT molecular complexity index is 1140. The van der Waals surface area contributed by atoms with Crippen molar-refractivity contribution in [2.45, 2.75) is 0 Å². The molecule has 12 heteroatoms. The molecule has 3 amide bonds. The summed E-state index contributed by atoms with van der Waals surface area (Å²) in [6.07, 6.45) is 0. The number of hydrogen-bond donors (Lipinski definition) is 4. The van der Waals surface area contributed by atoms with Gasteiger partial charge in [0.05, 0.1) is 24.6 Å². The Kier molecular flexibility index (Phi) is 6.75. The highest BCUT2D eigenvalue weighted by Crippen LogP contribution is 2.33. The molecule has 4 rings (SSSR count). The third-order valence-corrected chi connectivity index (χ3v) is 6.23. The second-order valence-corrected chi connectivity index (χ2v) is 8.22. The fourth-order valence-corrected chi connectivity index (χ4v) is 4.50. The average Bonchev–Trinajstić information content (AvgIpc) is 3.26. The highest BCUT2D eigenvalue weighted by Gasteiger charge is 2.26. The topological polar surface area (TPSA) is 146 Å². The van der Waals surface area contributed by atoms with Crippen LogP contribution >= 0.6 is 11.3 Å². The minimum absolute atomic E-state index is 0.122. The van der Waals surface area contributed by atoms with Crippen molar-refractivity contribution in [1.29, 1.82) is 0 Å². The maximum absolute atomic E-state index is 12.7. The number of aliphatic hydroxyl groups is 1. The van der Waals surface area contributed by atoms with E-state index in [9.17, 15) is 9.59 Å². The lowest BCUT2D eigenvalue weighted by Crippen LogP contribution is -2.50. The van der Waals surface area contributed by atoms with Gasteiger partial charge < -0.3 is 36.0 Å². The van der Waals surface area contributed by atoms with Gasteiger partial charge in [0.15, 0.2) is 0 Å². The Morgan fingerprint density at radius 1 is 1.18 bits per heavy atom. The third kappa shape index (κ3) is 4.91. The average molecular weight is 472 g/mol. The van der Waals surface area contributed by atoms with Crippen molar-refractivity contribution in [1.82, 2.24) is 20.2 Å². The molecular weight excluding hydrogens is 446 g/mol. The van der Waals surface area contributed by atoms with E-state index in [1.165, 1.54) is 11.3 Å². The molecule has 11 nitrogen and oxygen atoms in total. The Hall–Kier alpha value is -3.64. The zero-order valence-corrected chi connectivity index (χ0v) is 18.9. The second kappa shape index (κ2) is 9.88. The van der Waals surface area contributed by atoms with Gasteiger partial charge in [-0.1, -0.05) is 0 Å². The standard InChI is InChI=1S/C21H25N7O4S/c1-32-14-4-2-13(3-5-14)24-21(31)28-9-7-27(8-10-28)18-16-15(25-20(22)26-18)12-33-17(16)19(30)23-6-11-29/h2-5,12,29H,6-11H2,1H3,(H2,22,25)(H,23,30)(H,24,31). The van der Waals surface area contributed by atoms with E-state index in [0.29, 0.717) is 53.5 Å². The van der Waals surface area contributed by atoms with E-state index in [1.54, 1.807) is 41.7 Å².